The van der Waals surface area contributed by atoms with E-state index in [9.17, 15) is 4.79 Å². The van der Waals surface area contributed by atoms with Crippen molar-refractivity contribution in [3.8, 4) is 0 Å². The number of benzene rings is 2. The van der Waals surface area contributed by atoms with Gasteiger partial charge in [0.25, 0.3) is 0 Å². The second-order valence-electron chi connectivity index (χ2n) is 6.63. The van der Waals surface area contributed by atoms with Gasteiger partial charge in [-0.05, 0) is 24.0 Å². The van der Waals surface area contributed by atoms with Crippen LogP contribution < -0.4 is 5.73 Å². The summed E-state index contributed by atoms with van der Waals surface area (Å²) in [4.78, 5) is 14.9. The average molecular weight is 354 g/mol. The molecular formula is C22H30N2O2. The lowest BCUT2D eigenvalue weighted by Crippen LogP contribution is -2.41. The number of amides is 1. The maximum absolute atomic E-state index is 13.0. The van der Waals surface area contributed by atoms with Crippen LogP contribution in [0, 0.1) is 5.92 Å². The lowest BCUT2D eigenvalue weighted by Gasteiger charge is -2.28. The number of carbonyl (C=O) groups is 1. The Morgan fingerprint density at radius 3 is 2.27 bits per heavy atom. The lowest BCUT2D eigenvalue weighted by atomic mass is 9.94. The molecule has 2 atom stereocenters. The van der Waals surface area contributed by atoms with Crippen molar-refractivity contribution in [2.24, 2.45) is 11.7 Å². The van der Waals surface area contributed by atoms with Crippen molar-refractivity contribution in [3.05, 3.63) is 71.8 Å². The van der Waals surface area contributed by atoms with E-state index in [-0.39, 0.29) is 17.9 Å². The van der Waals surface area contributed by atoms with Crippen LogP contribution in [0.25, 0.3) is 0 Å². The number of rotatable bonds is 10. The number of methoxy groups -OCH3 is 1. The molecule has 0 aromatic heterocycles. The van der Waals surface area contributed by atoms with Crippen LogP contribution in [0.15, 0.2) is 60.7 Å². The van der Waals surface area contributed by atoms with E-state index in [1.165, 1.54) is 5.56 Å². The van der Waals surface area contributed by atoms with Crippen LogP contribution in [-0.2, 0) is 16.0 Å². The zero-order valence-electron chi connectivity index (χ0n) is 15.8. The van der Waals surface area contributed by atoms with Crippen molar-refractivity contribution in [3.63, 3.8) is 0 Å². The van der Waals surface area contributed by atoms with Crippen LogP contribution >= 0.6 is 0 Å². The minimum Gasteiger partial charge on any atom is -0.383 e. The Balaban J connectivity index is 1.96. The minimum atomic E-state index is -0.303. The van der Waals surface area contributed by atoms with Gasteiger partial charge in [-0.25, -0.2) is 0 Å². The van der Waals surface area contributed by atoms with Crippen LogP contribution in [0.5, 0.6) is 0 Å². The fraction of sp³-hybridized carbons (Fsp3) is 0.409. The summed E-state index contributed by atoms with van der Waals surface area (Å²) in [6.07, 6.45) is 1.88. The Bertz CT molecular complexity index is 646. The van der Waals surface area contributed by atoms with Gasteiger partial charge in [0.05, 0.1) is 12.5 Å². The van der Waals surface area contributed by atoms with E-state index in [1.807, 2.05) is 60.4 Å². The molecule has 0 aliphatic carbocycles. The quantitative estimate of drug-likeness (QED) is 0.711. The first-order chi connectivity index (χ1) is 12.6. The number of nitrogens with two attached hydrogens (primary N) is 1. The summed E-state index contributed by atoms with van der Waals surface area (Å²) < 4.78 is 5.19. The van der Waals surface area contributed by atoms with Crippen molar-refractivity contribution in [1.29, 1.82) is 0 Å². The molecule has 0 fully saturated rings. The van der Waals surface area contributed by atoms with E-state index < -0.39 is 0 Å². The van der Waals surface area contributed by atoms with Gasteiger partial charge in [-0.2, -0.15) is 0 Å². The second kappa shape index (κ2) is 10.7. The molecule has 2 rings (SSSR count). The van der Waals surface area contributed by atoms with Gasteiger partial charge >= 0.3 is 0 Å². The summed E-state index contributed by atoms with van der Waals surface area (Å²) in [5.41, 5.74) is 8.63. The van der Waals surface area contributed by atoms with Gasteiger partial charge in [0.2, 0.25) is 5.91 Å². The fourth-order valence-electron chi connectivity index (χ4n) is 3.06. The smallest absolute Gasteiger partial charge is 0.227 e. The molecule has 0 radical (unpaired) electrons. The zero-order chi connectivity index (χ0) is 18.8. The lowest BCUT2D eigenvalue weighted by molar-refractivity contribution is -0.136. The van der Waals surface area contributed by atoms with Gasteiger partial charge < -0.3 is 15.4 Å². The van der Waals surface area contributed by atoms with E-state index >= 15 is 0 Å². The highest BCUT2D eigenvalue weighted by atomic mass is 16.5. The highest BCUT2D eigenvalue weighted by Gasteiger charge is 2.26. The van der Waals surface area contributed by atoms with Crippen LogP contribution in [0.4, 0.5) is 0 Å². The Labute approximate surface area is 157 Å². The standard InChI is InChI=1S/C22H30N2O2/c1-18(21(23)20-13-7-4-8-14-20)22(25)24(16-17-26-2)15-9-12-19-10-5-3-6-11-19/h3-8,10-11,13-14,18,21H,9,12,15-17,23H2,1-2H3. The van der Waals surface area contributed by atoms with E-state index in [1.54, 1.807) is 7.11 Å². The van der Waals surface area contributed by atoms with E-state index in [2.05, 4.69) is 12.1 Å². The SMILES string of the molecule is COCCN(CCCc1ccccc1)C(=O)C(C)C(N)c1ccccc1. The van der Waals surface area contributed by atoms with Gasteiger partial charge in [-0.1, -0.05) is 67.6 Å². The molecule has 1 amide bonds. The van der Waals surface area contributed by atoms with Gasteiger partial charge in [0.15, 0.2) is 0 Å². The number of hydrogen-bond acceptors (Lipinski definition) is 3. The van der Waals surface area contributed by atoms with Crippen LogP contribution in [0.2, 0.25) is 0 Å². The molecule has 2 aromatic rings. The predicted octanol–water partition coefficient (Wildman–Crippen LogP) is 3.43. The van der Waals surface area contributed by atoms with Crippen molar-refractivity contribution in [1.82, 2.24) is 4.90 Å². The maximum atomic E-state index is 13.0. The Hall–Kier alpha value is -2.17. The molecule has 26 heavy (non-hydrogen) atoms. The summed E-state index contributed by atoms with van der Waals surface area (Å²) in [5.74, 6) is -0.183. The number of aryl methyl sites for hydroxylation is 1. The zero-order valence-corrected chi connectivity index (χ0v) is 15.8. The third-order valence-corrected chi connectivity index (χ3v) is 4.73. The molecular weight excluding hydrogens is 324 g/mol. The Kier molecular flexibility index (Phi) is 8.32. The molecule has 2 aromatic carbocycles. The molecule has 0 heterocycles. The first kappa shape index (κ1) is 20.1. The summed E-state index contributed by atoms with van der Waals surface area (Å²) in [6.45, 7) is 3.75. The number of ether oxygens (including phenoxy) is 1. The van der Waals surface area contributed by atoms with Crippen LogP contribution in [0.1, 0.15) is 30.5 Å². The largest absolute Gasteiger partial charge is 0.383 e. The van der Waals surface area contributed by atoms with Crippen LogP contribution in [-0.4, -0.2) is 37.6 Å². The fourth-order valence-corrected chi connectivity index (χ4v) is 3.06. The topological polar surface area (TPSA) is 55.6 Å². The molecule has 0 saturated carbocycles. The normalized spacial score (nSPS) is 13.2. The van der Waals surface area contributed by atoms with Crippen molar-refractivity contribution in [2.75, 3.05) is 26.8 Å². The molecule has 4 nitrogen and oxygen atoms in total. The van der Waals surface area contributed by atoms with Gasteiger partial charge in [-0.3, -0.25) is 4.79 Å². The summed E-state index contributed by atoms with van der Waals surface area (Å²) in [5, 5.41) is 0. The highest BCUT2D eigenvalue weighted by molar-refractivity contribution is 5.79. The van der Waals surface area contributed by atoms with Gasteiger partial charge in [0, 0.05) is 26.2 Å². The van der Waals surface area contributed by atoms with E-state index in [0.717, 1.165) is 18.4 Å². The highest BCUT2D eigenvalue weighted by Crippen LogP contribution is 2.21. The number of carbonyl (C=O) groups excluding carboxylic acids is 1. The maximum Gasteiger partial charge on any atom is 0.227 e. The monoisotopic (exact) mass is 354 g/mol. The molecule has 0 aliphatic heterocycles. The second-order valence-corrected chi connectivity index (χ2v) is 6.63. The van der Waals surface area contributed by atoms with E-state index in [0.29, 0.717) is 19.7 Å². The third-order valence-electron chi connectivity index (χ3n) is 4.73. The Morgan fingerprint density at radius 1 is 1.04 bits per heavy atom. The first-order valence-electron chi connectivity index (χ1n) is 9.25. The van der Waals surface area contributed by atoms with Gasteiger partial charge in [-0.15, -0.1) is 0 Å². The molecule has 2 N–H and O–H groups in total. The predicted molar refractivity (Wildman–Crippen MR) is 106 cm³/mol. The Morgan fingerprint density at radius 2 is 1.65 bits per heavy atom. The summed E-state index contributed by atoms with van der Waals surface area (Å²) in [7, 11) is 1.66. The molecule has 0 spiro atoms. The molecule has 140 valence electrons. The van der Waals surface area contributed by atoms with Crippen LogP contribution in [0.3, 0.4) is 0 Å². The van der Waals surface area contributed by atoms with Gasteiger partial charge in [0.1, 0.15) is 0 Å². The summed E-state index contributed by atoms with van der Waals surface area (Å²) in [6, 6.07) is 19.9. The molecule has 0 saturated heterocycles. The molecule has 0 bridgehead atoms. The van der Waals surface area contributed by atoms with E-state index in [4.69, 9.17) is 10.5 Å². The van der Waals surface area contributed by atoms with Crippen molar-refractivity contribution < 1.29 is 9.53 Å². The third kappa shape index (κ3) is 5.97. The summed E-state index contributed by atoms with van der Waals surface area (Å²) >= 11 is 0. The molecule has 0 aliphatic rings. The number of nitrogens with zero attached hydrogens (tertiary/aromatic N) is 1. The molecule has 4 heteroatoms. The van der Waals surface area contributed by atoms with Crippen molar-refractivity contribution >= 4 is 5.91 Å². The number of hydrogen-bond donors (Lipinski definition) is 1. The first-order valence-corrected chi connectivity index (χ1v) is 9.25. The molecule has 2 unspecified atom stereocenters. The average Bonchev–Trinajstić information content (AvgIpc) is 2.70. The van der Waals surface area contributed by atoms with Crippen molar-refractivity contribution in [2.45, 2.75) is 25.8 Å². The minimum absolute atomic E-state index is 0.0893.